The maximum atomic E-state index is 11.5. The van der Waals surface area contributed by atoms with Gasteiger partial charge in [0.15, 0.2) is 0 Å². The lowest BCUT2D eigenvalue weighted by atomic mass is 9.69. The summed E-state index contributed by atoms with van der Waals surface area (Å²) in [6, 6.07) is -0.252. The third kappa shape index (κ3) is 5.30. The molecule has 0 aromatic heterocycles. The fraction of sp³-hybridized carbons (Fsp3) is 0.846. The number of rotatable bonds is 9. The van der Waals surface area contributed by atoms with Crippen molar-refractivity contribution in [2.24, 2.45) is 5.41 Å². The second kappa shape index (κ2) is 8.30. The van der Waals surface area contributed by atoms with Crippen LogP contribution in [0.1, 0.15) is 38.5 Å². The molecule has 2 amide bonds. The van der Waals surface area contributed by atoms with E-state index in [1.54, 1.807) is 0 Å². The molecule has 0 aromatic carbocycles. The molecule has 0 heterocycles. The zero-order chi connectivity index (χ0) is 14.1. The van der Waals surface area contributed by atoms with Gasteiger partial charge < -0.3 is 15.7 Å². The predicted octanol–water partition coefficient (Wildman–Crippen LogP) is 2.07. The molecular formula is C13H24N2O3S. The van der Waals surface area contributed by atoms with Crippen LogP contribution < -0.4 is 10.6 Å². The Morgan fingerprint density at radius 1 is 1.21 bits per heavy atom. The summed E-state index contributed by atoms with van der Waals surface area (Å²) >= 11 is 1.83. The number of unbranched alkanes of at least 4 members (excludes halogenated alkanes) is 2. The number of hydrogen-bond acceptors (Lipinski definition) is 3. The van der Waals surface area contributed by atoms with Crippen LogP contribution in [0.4, 0.5) is 4.79 Å². The fourth-order valence-corrected chi connectivity index (χ4v) is 2.62. The minimum absolute atomic E-state index is 0.237. The molecule has 0 saturated heterocycles. The van der Waals surface area contributed by atoms with E-state index < -0.39 is 11.4 Å². The highest BCUT2D eigenvalue weighted by Crippen LogP contribution is 2.40. The van der Waals surface area contributed by atoms with Gasteiger partial charge >= 0.3 is 12.0 Å². The molecule has 6 heteroatoms. The van der Waals surface area contributed by atoms with Crippen molar-refractivity contribution in [2.75, 3.05) is 25.1 Å². The first-order valence-electron chi connectivity index (χ1n) is 6.85. The van der Waals surface area contributed by atoms with Crippen molar-refractivity contribution >= 4 is 23.8 Å². The van der Waals surface area contributed by atoms with Gasteiger partial charge in [-0.05, 0) is 37.7 Å². The van der Waals surface area contributed by atoms with Crippen LogP contribution in [-0.4, -0.2) is 42.2 Å². The molecule has 0 aliphatic heterocycles. The summed E-state index contributed by atoms with van der Waals surface area (Å²) in [5, 5.41) is 14.6. The number of hydrogen-bond donors (Lipinski definition) is 3. The Morgan fingerprint density at radius 2 is 1.95 bits per heavy atom. The summed E-state index contributed by atoms with van der Waals surface area (Å²) in [7, 11) is 0. The molecule has 3 N–H and O–H groups in total. The van der Waals surface area contributed by atoms with Gasteiger partial charge in [0.1, 0.15) is 0 Å². The Bertz CT molecular complexity index is 306. The first kappa shape index (κ1) is 16.1. The van der Waals surface area contributed by atoms with Crippen molar-refractivity contribution in [3.05, 3.63) is 0 Å². The number of carboxylic acids is 1. The summed E-state index contributed by atoms with van der Waals surface area (Å²) < 4.78 is 0. The van der Waals surface area contributed by atoms with Crippen LogP contribution >= 0.6 is 11.8 Å². The van der Waals surface area contributed by atoms with E-state index in [1.807, 2.05) is 11.8 Å². The maximum absolute atomic E-state index is 11.5. The van der Waals surface area contributed by atoms with Gasteiger partial charge in [-0.2, -0.15) is 11.8 Å². The predicted molar refractivity (Wildman–Crippen MR) is 77.6 cm³/mol. The molecule has 0 unspecified atom stereocenters. The van der Waals surface area contributed by atoms with E-state index in [2.05, 4.69) is 16.9 Å². The van der Waals surface area contributed by atoms with Gasteiger partial charge in [0, 0.05) is 13.1 Å². The van der Waals surface area contributed by atoms with E-state index in [0.29, 0.717) is 19.4 Å². The smallest absolute Gasteiger partial charge is 0.314 e. The molecule has 1 rings (SSSR count). The molecule has 1 fully saturated rings. The molecule has 0 atom stereocenters. The molecule has 5 nitrogen and oxygen atoms in total. The Morgan fingerprint density at radius 3 is 2.47 bits per heavy atom. The summed E-state index contributed by atoms with van der Waals surface area (Å²) in [5.74, 6) is 0.365. The van der Waals surface area contributed by atoms with Crippen LogP contribution in [0.3, 0.4) is 0 Å². The molecule has 0 bridgehead atoms. The third-order valence-electron chi connectivity index (χ3n) is 3.66. The molecule has 0 spiro atoms. The van der Waals surface area contributed by atoms with Crippen molar-refractivity contribution in [2.45, 2.75) is 38.5 Å². The molecule has 1 saturated carbocycles. The van der Waals surface area contributed by atoms with Gasteiger partial charge in [0.25, 0.3) is 0 Å². The highest BCUT2D eigenvalue weighted by Gasteiger charge is 2.44. The molecule has 0 radical (unpaired) electrons. The Labute approximate surface area is 118 Å². The zero-order valence-electron chi connectivity index (χ0n) is 11.5. The summed E-state index contributed by atoms with van der Waals surface area (Å²) in [6.45, 7) is 0.890. The van der Waals surface area contributed by atoms with Crippen LogP contribution in [0.25, 0.3) is 0 Å². The molecular weight excluding hydrogens is 264 g/mol. The lowest BCUT2D eigenvalue weighted by Crippen LogP contribution is -2.49. The molecule has 19 heavy (non-hydrogen) atoms. The topological polar surface area (TPSA) is 78.4 Å². The summed E-state index contributed by atoms with van der Waals surface area (Å²) in [4.78, 5) is 22.6. The highest BCUT2D eigenvalue weighted by atomic mass is 32.2. The molecule has 1 aliphatic rings. The van der Waals surface area contributed by atoms with Crippen LogP contribution in [0.15, 0.2) is 0 Å². The van der Waals surface area contributed by atoms with Gasteiger partial charge in [-0.1, -0.05) is 12.8 Å². The Kier molecular flexibility index (Phi) is 7.05. The third-order valence-corrected chi connectivity index (χ3v) is 4.36. The maximum Gasteiger partial charge on any atom is 0.314 e. The lowest BCUT2D eigenvalue weighted by Gasteiger charge is -2.37. The summed E-state index contributed by atoms with van der Waals surface area (Å²) in [6.07, 6.45) is 7.61. The van der Waals surface area contributed by atoms with E-state index >= 15 is 0 Å². The van der Waals surface area contributed by atoms with Crippen molar-refractivity contribution in [1.29, 1.82) is 0 Å². The van der Waals surface area contributed by atoms with E-state index in [1.165, 1.54) is 6.42 Å². The number of aliphatic carboxylic acids is 1. The highest BCUT2D eigenvalue weighted by molar-refractivity contribution is 7.98. The number of carboxylic acid groups (broad SMARTS) is 1. The first-order valence-corrected chi connectivity index (χ1v) is 8.24. The lowest BCUT2D eigenvalue weighted by molar-refractivity contribution is -0.153. The minimum atomic E-state index is -0.795. The Balaban J connectivity index is 2.06. The second-order valence-electron chi connectivity index (χ2n) is 5.10. The molecule has 1 aliphatic carbocycles. The fourth-order valence-electron chi connectivity index (χ4n) is 2.13. The molecule has 0 aromatic rings. The van der Waals surface area contributed by atoms with Crippen molar-refractivity contribution in [3.8, 4) is 0 Å². The van der Waals surface area contributed by atoms with Gasteiger partial charge in [-0.15, -0.1) is 0 Å². The van der Waals surface area contributed by atoms with E-state index in [-0.39, 0.29) is 12.6 Å². The number of nitrogens with one attached hydrogen (secondary N) is 2. The molecule has 110 valence electrons. The number of carbonyl (C=O) groups is 2. The minimum Gasteiger partial charge on any atom is -0.481 e. The SMILES string of the molecule is CSCCCCCNC(=O)NCC1(C(=O)O)CCC1. The number of urea groups is 1. The van der Waals surface area contributed by atoms with Crippen LogP contribution in [-0.2, 0) is 4.79 Å². The number of carbonyl (C=O) groups excluding carboxylic acids is 1. The number of thioether (sulfide) groups is 1. The summed E-state index contributed by atoms with van der Waals surface area (Å²) in [5.41, 5.74) is -0.713. The first-order chi connectivity index (χ1) is 9.10. The largest absolute Gasteiger partial charge is 0.481 e. The van der Waals surface area contributed by atoms with Gasteiger partial charge in [0.2, 0.25) is 0 Å². The average Bonchev–Trinajstić information content (AvgIpc) is 2.31. The second-order valence-corrected chi connectivity index (χ2v) is 6.09. The quantitative estimate of drug-likeness (QED) is 0.568. The normalized spacial score (nSPS) is 16.5. The standard InChI is InChI=1S/C13H24N2O3S/c1-19-9-4-2-3-8-14-12(18)15-10-13(11(16)17)6-5-7-13/h2-10H2,1H3,(H,16,17)(H2,14,15,18). The van der Waals surface area contributed by atoms with Crippen molar-refractivity contribution in [1.82, 2.24) is 10.6 Å². The van der Waals surface area contributed by atoms with Gasteiger partial charge in [-0.25, -0.2) is 4.79 Å². The number of amides is 2. The van der Waals surface area contributed by atoms with Gasteiger partial charge in [-0.3, -0.25) is 4.79 Å². The van der Waals surface area contributed by atoms with Gasteiger partial charge in [0.05, 0.1) is 5.41 Å². The van der Waals surface area contributed by atoms with E-state index in [9.17, 15) is 9.59 Å². The van der Waals surface area contributed by atoms with E-state index in [0.717, 1.165) is 25.0 Å². The average molecular weight is 288 g/mol. The van der Waals surface area contributed by atoms with Crippen molar-refractivity contribution < 1.29 is 14.7 Å². The monoisotopic (exact) mass is 288 g/mol. The Hall–Kier alpha value is -0.910. The van der Waals surface area contributed by atoms with Crippen LogP contribution in [0.2, 0.25) is 0 Å². The van der Waals surface area contributed by atoms with Crippen LogP contribution in [0.5, 0.6) is 0 Å². The van der Waals surface area contributed by atoms with Crippen molar-refractivity contribution in [3.63, 3.8) is 0 Å². The van der Waals surface area contributed by atoms with E-state index in [4.69, 9.17) is 5.11 Å². The zero-order valence-corrected chi connectivity index (χ0v) is 12.4. The van der Waals surface area contributed by atoms with Crippen LogP contribution in [0, 0.1) is 5.41 Å².